The maximum absolute atomic E-state index is 12.8. The SMILES string of the molecule is NC(=O)CCNC(c1ccccc1)C(F)(F)F. The molecule has 0 fully saturated rings. The number of carbonyl (C=O) groups is 1. The normalized spacial score (nSPS) is 13.4. The molecular weight excluding hydrogens is 233 g/mol. The van der Waals surface area contributed by atoms with Crippen molar-refractivity contribution < 1.29 is 18.0 Å². The molecule has 0 bridgehead atoms. The second kappa shape index (κ2) is 5.67. The number of carbonyl (C=O) groups excluding carboxylic acids is 1. The van der Waals surface area contributed by atoms with Crippen LogP contribution in [0.15, 0.2) is 30.3 Å². The van der Waals surface area contributed by atoms with Gasteiger partial charge in [-0.15, -0.1) is 0 Å². The van der Waals surface area contributed by atoms with Gasteiger partial charge in [-0.25, -0.2) is 0 Å². The summed E-state index contributed by atoms with van der Waals surface area (Å²) in [7, 11) is 0. The number of alkyl halides is 3. The third-order valence-corrected chi connectivity index (χ3v) is 2.18. The van der Waals surface area contributed by atoms with Crippen molar-refractivity contribution in [2.75, 3.05) is 6.54 Å². The van der Waals surface area contributed by atoms with E-state index in [4.69, 9.17) is 5.73 Å². The van der Waals surface area contributed by atoms with Gasteiger partial charge < -0.3 is 11.1 Å². The van der Waals surface area contributed by atoms with Gasteiger partial charge in [-0.3, -0.25) is 4.79 Å². The van der Waals surface area contributed by atoms with Crippen LogP contribution >= 0.6 is 0 Å². The lowest BCUT2D eigenvalue weighted by molar-refractivity contribution is -0.158. The Labute approximate surface area is 96.8 Å². The van der Waals surface area contributed by atoms with Crippen LogP contribution in [0.4, 0.5) is 13.2 Å². The van der Waals surface area contributed by atoms with Crippen LogP contribution in [0, 0.1) is 0 Å². The molecular formula is C11H13F3N2O. The molecule has 3 N–H and O–H groups in total. The van der Waals surface area contributed by atoms with Gasteiger partial charge in [-0.1, -0.05) is 30.3 Å². The predicted octanol–water partition coefficient (Wildman–Crippen LogP) is 1.75. The highest BCUT2D eigenvalue weighted by Crippen LogP contribution is 2.32. The summed E-state index contributed by atoms with van der Waals surface area (Å²) >= 11 is 0. The van der Waals surface area contributed by atoms with E-state index in [1.54, 1.807) is 6.07 Å². The fourth-order valence-electron chi connectivity index (χ4n) is 1.41. The first-order valence-corrected chi connectivity index (χ1v) is 5.04. The van der Waals surface area contributed by atoms with Gasteiger partial charge in [0.1, 0.15) is 6.04 Å². The summed E-state index contributed by atoms with van der Waals surface area (Å²) in [5, 5.41) is 2.28. The van der Waals surface area contributed by atoms with Gasteiger partial charge in [0.05, 0.1) is 0 Å². The number of nitrogens with two attached hydrogens (primary N) is 1. The molecule has 0 radical (unpaired) electrons. The predicted molar refractivity (Wildman–Crippen MR) is 57.1 cm³/mol. The molecule has 0 aliphatic carbocycles. The molecule has 1 atom stereocenters. The van der Waals surface area contributed by atoms with Crippen molar-refractivity contribution in [3.8, 4) is 0 Å². The maximum Gasteiger partial charge on any atom is 0.407 e. The van der Waals surface area contributed by atoms with E-state index in [0.29, 0.717) is 0 Å². The average molecular weight is 246 g/mol. The number of benzene rings is 1. The van der Waals surface area contributed by atoms with E-state index in [9.17, 15) is 18.0 Å². The van der Waals surface area contributed by atoms with Crippen LogP contribution in [0.3, 0.4) is 0 Å². The van der Waals surface area contributed by atoms with Crippen molar-refractivity contribution in [3.63, 3.8) is 0 Å². The molecule has 0 aliphatic rings. The van der Waals surface area contributed by atoms with Crippen molar-refractivity contribution >= 4 is 5.91 Å². The first-order chi connectivity index (χ1) is 7.91. The third-order valence-electron chi connectivity index (χ3n) is 2.18. The lowest BCUT2D eigenvalue weighted by atomic mass is 10.1. The highest BCUT2D eigenvalue weighted by Gasteiger charge is 2.40. The molecule has 0 aromatic heterocycles. The zero-order valence-corrected chi connectivity index (χ0v) is 9.00. The Morgan fingerprint density at radius 1 is 1.29 bits per heavy atom. The molecule has 1 aromatic carbocycles. The number of rotatable bonds is 5. The van der Waals surface area contributed by atoms with Crippen LogP contribution in [0.1, 0.15) is 18.0 Å². The minimum absolute atomic E-state index is 0.103. The van der Waals surface area contributed by atoms with Crippen LogP contribution in [-0.4, -0.2) is 18.6 Å². The minimum Gasteiger partial charge on any atom is -0.370 e. The average Bonchev–Trinajstić information content (AvgIpc) is 2.23. The Kier molecular flexibility index (Phi) is 4.51. The van der Waals surface area contributed by atoms with Crippen molar-refractivity contribution in [3.05, 3.63) is 35.9 Å². The highest BCUT2D eigenvalue weighted by molar-refractivity contribution is 5.73. The van der Waals surface area contributed by atoms with E-state index in [0.717, 1.165) is 0 Å². The Hall–Kier alpha value is -1.56. The molecule has 0 heterocycles. The standard InChI is InChI=1S/C11H13F3N2O/c12-11(13,14)10(16-7-6-9(15)17)8-4-2-1-3-5-8/h1-5,10,16H,6-7H2,(H2,15,17). The van der Waals surface area contributed by atoms with Crippen molar-refractivity contribution in [2.45, 2.75) is 18.6 Å². The van der Waals surface area contributed by atoms with Crippen molar-refractivity contribution in [1.82, 2.24) is 5.32 Å². The van der Waals surface area contributed by atoms with E-state index in [1.165, 1.54) is 24.3 Å². The Morgan fingerprint density at radius 2 is 1.88 bits per heavy atom. The molecule has 0 saturated heterocycles. The summed E-state index contributed by atoms with van der Waals surface area (Å²) in [5.74, 6) is -0.633. The van der Waals surface area contributed by atoms with Gasteiger partial charge in [0, 0.05) is 13.0 Å². The lowest BCUT2D eigenvalue weighted by Gasteiger charge is -2.21. The van der Waals surface area contributed by atoms with Crippen LogP contribution in [-0.2, 0) is 4.79 Å². The fraction of sp³-hybridized carbons (Fsp3) is 0.364. The molecule has 1 unspecified atom stereocenters. The summed E-state index contributed by atoms with van der Waals surface area (Å²) in [5.41, 5.74) is 4.98. The summed E-state index contributed by atoms with van der Waals surface area (Å²) in [4.78, 5) is 10.5. The monoisotopic (exact) mass is 246 g/mol. The first kappa shape index (κ1) is 13.5. The molecule has 17 heavy (non-hydrogen) atoms. The van der Waals surface area contributed by atoms with Gasteiger partial charge in [0.15, 0.2) is 0 Å². The van der Waals surface area contributed by atoms with Gasteiger partial charge in [0.2, 0.25) is 5.91 Å². The number of primary amides is 1. The molecule has 6 heteroatoms. The van der Waals surface area contributed by atoms with Gasteiger partial charge >= 0.3 is 6.18 Å². The molecule has 94 valence electrons. The number of halogens is 3. The Morgan fingerprint density at radius 3 is 2.35 bits per heavy atom. The Balaban J connectivity index is 2.72. The third kappa shape index (κ3) is 4.44. The van der Waals surface area contributed by atoms with E-state index >= 15 is 0 Å². The fourth-order valence-corrected chi connectivity index (χ4v) is 1.41. The summed E-state index contributed by atoms with van der Waals surface area (Å²) in [6, 6.07) is 5.70. The number of nitrogens with one attached hydrogen (secondary N) is 1. The van der Waals surface area contributed by atoms with Gasteiger partial charge in [-0.2, -0.15) is 13.2 Å². The van der Waals surface area contributed by atoms with Gasteiger partial charge in [0.25, 0.3) is 0 Å². The second-order valence-corrected chi connectivity index (χ2v) is 3.56. The first-order valence-electron chi connectivity index (χ1n) is 5.04. The molecule has 1 aromatic rings. The molecule has 1 amide bonds. The number of amides is 1. The summed E-state index contributed by atoms with van der Waals surface area (Å²) in [6.45, 7) is -0.103. The van der Waals surface area contributed by atoms with Crippen LogP contribution in [0.2, 0.25) is 0 Å². The van der Waals surface area contributed by atoms with Crippen molar-refractivity contribution in [1.29, 1.82) is 0 Å². The van der Waals surface area contributed by atoms with E-state index in [1.807, 2.05) is 0 Å². The molecule has 0 aliphatic heterocycles. The highest BCUT2D eigenvalue weighted by atomic mass is 19.4. The van der Waals surface area contributed by atoms with Crippen LogP contribution < -0.4 is 11.1 Å². The van der Waals surface area contributed by atoms with E-state index in [2.05, 4.69) is 5.32 Å². The van der Waals surface area contributed by atoms with Crippen molar-refractivity contribution in [2.24, 2.45) is 5.73 Å². The topological polar surface area (TPSA) is 55.1 Å². The summed E-state index contributed by atoms with van der Waals surface area (Å²) < 4.78 is 38.3. The number of hydrogen-bond donors (Lipinski definition) is 2. The summed E-state index contributed by atoms with van der Waals surface area (Å²) in [6.07, 6.45) is -4.53. The Bertz CT molecular complexity index is 365. The minimum atomic E-state index is -4.40. The molecule has 0 spiro atoms. The van der Waals surface area contributed by atoms with Gasteiger partial charge in [-0.05, 0) is 5.56 Å². The smallest absolute Gasteiger partial charge is 0.370 e. The maximum atomic E-state index is 12.8. The van der Waals surface area contributed by atoms with E-state index < -0.39 is 18.1 Å². The molecule has 0 saturated carbocycles. The second-order valence-electron chi connectivity index (χ2n) is 3.56. The quantitative estimate of drug-likeness (QED) is 0.831. The largest absolute Gasteiger partial charge is 0.407 e. The zero-order chi connectivity index (χ0) is 12.9. The zero-order valence-electron chi connectivity index (χ0n) is 9.00. The number of hydrogen-bond acceptors (Lipinski definition) is 2. The molecule has 1 rings (SSSR count). The lowest BCUT2D eigenvalue weighted by Crippen LogP contribution is -2.35. The van der Waals surface area contributed by atoms with Crippen LogP contribution in [0.5, 0.6) is 0 Å². The molecule has 3 nitrogen and oxygen atoms in total. The van der Waals surface area contributed by atoms with E-state index in [-0.39, 0.29) is 18.5 Å². The van der Waals surface area contributed by atoms with Crippen LogP contribution in [0.25, 0.3) is 0 Å².